The van der Waals surface area contributed by atoms with E-state index in [-0.39, 0.29) is 28.3 Å². The Morgan fingerprint density at radius 1 is 0.923 bits per heavy atom. The third kappa shape index (κ3) is 6.37. The van der Waals surface area contributed by atoms with Gasteiger partial charge in [0.1, 0.15) is 37.5 Å². The van der Waals surface area contributed by atoms with E-state index in [1.54, 1.807) is 18.3 Å². The van der Waals surface area contributed by atoms with Crippen molar-refractivity contribution < 1.29 is 18.6 Å². The quantitative estimate of drug-likeness (QED) is 0.144. The van der Waals surface area contributed by atoms with Crippen LogP contribution in [0, 0.1) is 23.1 Å². The summed E-state index contributed by atoms with van der Waals surface area (Å²) in [6, 6.07) is 8.83. The zero-order chi connectivity index (χ0) is 37.0. The van der Waals surface area contributed by atoms with Crippen LogP contribution in [0.1, 0.15) is 92.6 Å². The second kappa shape index (κ2) is 14.0. The summed E-state index contributed by atoms with van der Waals surface area (Å²) in [6.07, 6.45) is 7.43. The van der Waals surface area contributed by atoms with Gasteiger partial charge in [0.2, 0.25) is 0 Å². The van der Waals surface area contributed by atoms with Gasteiger partial charge in [0, 0.05) is 30.2 Å². The number of pyridine rings is 1. The lowest BCUT2D eigenvalue weighted by Gasteiger charge is -2.38. The Kier molecular flexibility index (Phi) is 9.85. The fourth-order valence-corrected chi connectivity index (χ4v) is 15.1. The number of aromatic nitrogens is 3. The maximum Gasteiger partial charge on any atom is 0.319 e. The molecule has 3 aliphatic rings. The zero-order valence-electron chi connectivity index (χ0n) is 31.8. The first-order valence-electron chi connectivity index (χ1n) is 19.2. The number of benzene rings is 2. The van der Waals surface area contributed by atoms with Gasteiger partial charge in [-0.05, 0) is 86.6 Å². The van der Waals surface area contributed by atoms with Gasteiger partial charge < -0.3 is 14.7 Å². The molecule has 3 fully saturated rings. The molecule has 0 saturated carbocycles. The van der Waals surface area contributed by atoms with E-state index in [4.69, 9.17) is 19.7 Å². The lowest BCUT2D eigenvalue weighted by atomic mass is 9.95. The molecule has 4 aromatic rings. The van der Waals surface area contributed by atoms with Crippen LogP contribution in [0.15, 0.2) is 36.5 Å². The van der Waals surface area contributed by atoms with Crippen LogP contribution >= 0.6 is 0 Å². The van der Waals surface area contributed by atoms with Crippen molar-refractivity contribution in [3.05, 3.63) is 53.7 Å². The van der Waals surface area contributed by atoms with Gasteiger partial charge in [-0.3, -0.25) is 9.88 Å². The number of ether oxygens (including phenoxy) is 1. The van der Waals surface area contributed by atoms with E-state index in [9.17, 15) is 5.11 Å². The highest BCUT2D eigenvalue weighted by atomic mass is 28.3. The maximum atomic E-state index is 17.2. The van der Waals surface area contributed by atoms with Crippen LogP contribution in [0.25, 0.3) is 32.9 Å². The molecule has 5 heterocycles. The summed E-state index contributed by atoms with van der Waals surface area (Å²) in [6.45, 7) is 18.8. The van der Waals surface area contributed by atoms with E-state index in [1.165, 1.54) is 6.07 Å². The third-order valence-corrected chi connectivity index (χ3v) is 18.7. The molecule has 7 rings (SSSR count). The molecule has 0 spiro atoms. The van der Waals surface area contributed by atoms with Gasteiger partial charge in [0.15, 0.2) is 5.82 Å². The fourth-order valence-electron chi connectivity index (χ4n) is 9.85. The van der Waals surface area contributed by atoms with E-state index in [0.29, 0.717) is 64.9 Å². The van der Waals surface area contributed by atoms with Crippen LogP contribution < -0.4 is 9.64 Å². The molecule has 3 aliphatic heterocycles. The lowest BCUT2D eigenvalue weighted by molar-refractivity contribution is 0.0447. The number of hydrogen-bond acceptors (Lipinski definition) is 7. The summed E-state index contributed by atoms with van der Waals surface area (Å²) < 4.78 is 39.6. The average molecular weight is 726 g/mol. The van der Waals surface area contributed by atoms with Crippen molar-refractivity contribution in [3.63, 3.8) is 0 Å². The van der Waals surface area contributed by atoms with Crippen LogP contribution in [0.2, 0.25) is 16.6 Å². The summed E-state index contributed by atoms with van der Waals surface area (Å²) in [4.78, 5) is 18.8. The number of hydrogen-bond donors (Lipinski definition) is 1. The Labute approximate surface area is 308 Å². The van der Waals surface area contributed by atoms with Crippen LogP contribution in [0.4, 0.5) is 14.6 Å². The zero-order valence-corrected chi connectivity index (χ0v) is 32.8. The van der Waals surface area contributed by atoms with Crippen LogP contribution in [-0.4, -0.2) is 77.0 Å². The molecule has 52 heavy (non-hydrogen) atoms. The number of halogens is 2. The standard InChI is InChI=1S/C42H53F2N5O2Si/c1-27(2)52(28(3)4,29(5)6)23-16-31-34(43)15-14-30-12-8-13-32(35(30)31)37-36(44)38-33(24-45-37)39(48-20-9-17-41(7,50)25-48)47-40(46-38)51-26-42-18-10-21-49(42)22-11-19-42/h8,12-15,24,27-29,50H,9-11,17-22,25-26H2,1-7H3/t41-/m1/s1. The molecule has 276 valence electrons. The summed E-state index contributed by atoms with van der Waals surface area (Å²) in [5.41, 5.74) is 4.74. The highest BCUT2D eigenvalue weighted by molar-refractivity contribution is 6.90. The number of fused-ring (bicyclic) bond motifs is 3. The van der Waals surface area contributed by atoms with E-state index in [0.717, 1.165) is 50.6 Å². The van der Waals surface area contributed by atoms with E-state index < -0.39 is 25.3 Å². The molecule has 0 amide bonds. The van der Waals surface area contributed by atoms with E-state index in [1.807, 2.05) is 24.0 Å². The van der Waals surface area contributed by atoms with Crippen LogP contribution in [0.3, 0.4) is 0 Å². The first-order chi connectivity index (χ1) is 24.8. The Bertz CT molecular complexity index is 2020. The van der Waals surface area contributed by atoms with Gasteiger partial charge in [-0.25, -0.2) is 8.78 Å². The molecule has 0 bridgehead atoms. The second-order valence-electron chi connectivity index (χ2n) is 16.7. The fraction of sp³-hybridized carbons (Fsp3) is 0.548. The number of aliphatic hydroxyl groups is 1. The van der Waals surface area contributed by atoms with E-state index in [2.05, 4.69) is 57.9 Å². The maximum absolute atomic E-state index is 17.2. The van der Waals surface area contributed by atoms with Gasteiger partial charge in [-0.2, -0.15) is 9.97 Å². The van der Waals surface area contributed by atoms with E-state index >= 15 is 8.78 Å². The predicted molar refractivity (Wildman–Crippen MR) is 208 cm³/mol. The molecular formula is C42H53F2N5O2Si. The highest BCUT2D eigenvalue weighted by Crippen LogP contribution is 2.43. The number of nitrogens with zero attached hydrogens (tertiary/aromatic N) is 5. The minimum absolute atomic E-state index is 0.0408. The molecule has 7 nitrogen and oxygen atoms in total. The van der Waals surface area contributed by atoms with Crippen molar-refractivity contribution in [1.82, 2.24) is 19.9 Å². The van der Waals surface area contributed by atoms with Gasteiger partial charge in [-0.15, -0.1) is 5.54 Å². The molecule has 1 atom stereocenters. The minimum Gasteiger partial charge on any atom is -0.461 e. The van der Waals surface area contributed by atoms with Gasteiger partial charge in [-0.1, -0.05) is 71.7 Å². The molecule has 2 aromatic carbocycles. The smallest absolute Gasteiger partial charge is 0.319 e. The molecule has 1 N–H and O–H groups in total. The van der Waals surface area contributed by atoms with Crippen molar-refractivity contribution in [2.75, 3.05) is 37.7 Å². The number of piperidine rings is 1. The molecule has 0 unspecified atom stereocenters. The summed E-state index contributed by atoms with van der Waals surface area (Å²) in [5.74, 6) is 2.79. The number of anilines is 1. The van der Waals surface area contributed by atoms with Crippen molar-refractivity contribution in [2.45, 2.75) is 115 Å². The molecule has 0 aliphatic carbocycles. The van der Waals surface area contributed by atoms with Crippen molar-refractivity contribution in [2.24, 2.45) is 0 Å². The monoisotopic (exact) mass is 725 g/mol. The Morgan fingerprint density at radius 3 is 2.29 bits per heavy atom. The van der Waals surface area contributed by atoms with Gasteiger partial charge >= 0.3 is 6.01 Å². The topological polar surface area (TPSA) is 74.6 Å². The average Bonchev–Trinajstić information content (AvgIpc) is 3.68. The SMILES string of the molecule is CC(C)[Si](C#Cc1c(F)ccc2cccc(-c3ncc4c(N5CCC[C@@](C)(O)C5)nc(OCC56CCCN5CCC6)nc4c3F)c12)(C(C)C)C(C)C. The van der Waals surface area contributed by atoms with Crippen molar-refractivity contribution >= 4 is 35.6 Å². The van der Waals surface area contributed by atoms with Crippen molar-refractivity contribution in [1.29, 1.82) is 0 Å². The molecule has 2 aromatic heterocycles. The predicted octanol–water partition coefficient (Wildman–Crippen LogP) is 9.05. The summed E-state index contributed by atoms with van der Waals surface area (Å²) in [7, 11) is -2.20. The minimum atomic E-state index is -2.20. The van der Waals surface area contributed by atoms with Crippen LogP contribution in [0.5, 0.6) is 6.01 Å². The lowest BCUT2D eigenvalue weighted by Crippen LogP contribution is -2.46. The highest BCUT2D eigenvalue weighted by Gasteiger charge is 2.45. The third-order valence-electron chi connectivity index (χ3n) is 12.4. The molecule has 0 radical (unpaired) electrons. The molecular weight excluding hydrogens is 673 g/mol. The normalized spacial score (nSPS) is 20.7. The molecule has 3 saturated heterocycles. The van der Waals surface area contributed by atoms with Crippen LogP contribution in [-0.2, 0) is 0 Å². The van der Waals surface area contributed by atoms with Gasteiger partial charge in [0.25, 0.3) is 0 Å². The Hall–Kier alpha value is -3.65. The number of β-amino-alcohol motifs (C(OH)–C–C–N with tert-alkyl or cyclic N) is 1. The largest absolute Gasteiger partial charge is 0.461 e. The Balaban J connectivity index is 1.39. The summed E-state index contributed by atoms with van der Waals surface area (Å²) >= 11 is 0. The first kappa shape index (κ1) is 36.7. The second-order valence-corrected chi connectivity index (χ2v) is 22.3. The first-order valence-corrected chi connectivity index (χ1v) is 21.5. The summed E-state index contributed by atoms with van der Waals surface area (Å²) in [5, 5.41) is 12.8. The molecule has 10 heteroatoms. The van der Waals surface area contributed by atoms with Gasteiger partial charge in [0.05, 0.1) is 22.1 Å². The van der Waals surface area contributed by atoms with Crippen molar-refractivity contribution in [3.8, 4) is 28.7 Å². The number of rotatable bonds is 8. The Morgan fingerprint density at radius 2 is 1.62 bits per heavy atom.